The first-order chi connectivity index (χ1) is 17.1. The van der Waals surface area contributed by atoms with Crippen LogP contribution in [0.5, 0.6) is 0 Å². The minimum Gasteiger partial charge on any atom is -0.481 e. The number of carbonyl (C=O) groups is 2. The van der Waals surface area contributed by atoms with Gasteiger partial charge in [0.15, 0.2) is 5.69 Å². The molecule has 1 saturated carbocycles. The summed E-state index contributed by atoms with van der Waals surface area (Å²) in [6.45, 7) is 3.90. The first-order valence-electron chi connectivity index (χ1n) is 12.5. The number of halogens is 1. The van der Waals surface area contributed by atoms with Crippen molar-refractivity contribution < 1.29 is 29.3 Å². The average molecular weight is 502 g/mol. The Kier molecular flexibility index (Phi) is 9.39. The van der Waals surface area contributed by atoms with E-state index >= 15 is 0 Å². The molecule has 0 unspecified atom stereocenters. The largest absolute Gasteiger partial charge is 0.481 e. The normalized spacial score (nSPS) is 16.4. The molecule has 0 spiro atoms. The predicted molar refractivity (Wildman–Crippen MR) is 134 cm³/mol. The smallest absolute Gasteiger partial charge is 0.305 e. The molecule has 0 aliphatic heterocycles. The molecule has 1 amide bonds. The van der Waals surface area contributed by atoms with Gasteiger partial charge in [-0.25, -0.2) is 9.07 Å². The molecule has 1 heterocycles. The number of aromatic nitrogens is 2. The Morgan fingerprint density at radius 2 is 1.81 bits per heavy atom. The molecule has 196 valence electrons. The molecule has 0 radical (unpaired) electrons. The maximum absolute atomic E-state index is 13.6. The van der Waals surface area contributed by atoms with E-state index in [0.717, 1.165) is 25.7 Å². The van der Waals surface area contributed by atoms with Crippen molar-refractivity contribution in [3.8, 4) is 5.69 Å². The van der Waals surface area contributed by atoms with Crippen molar-refractivity contribution in [1.29, 1.82) is 0 Å². The van der Waals surface area contributed by atoms with E-state index in [9.17, 15) is 24.2 Å². The third kappa shape index (κ3) is 6.79. The summed E-state index contributed by atoms with van der Waals surface area (Å²) in [4.78, 5) is 26.2. The van der Waals surface area contributed by atoms with Crippen LogP contribution >= 0.6 is 0 Å². The van der Waals surface area contributed by atoms with Gasteiger partial charge in [0.2, 0.25) is 0 Å². The molecule has 2 atom stereocenters. The molecule has 9 heteroatoms. The van der Waals surface area contributed by atoms with Crippen LogP contribution in [0.1, 0.15) is 86.5 Å². The maximum atomic E-state index is 13.6. The molecular formula is C27H36FN3O5. The Balaban J connectivity index is 2.02. The van der Waals surface area contributed by atoms with E-state index in [-0.39, 0.29) is 24.3 Å². The molecule has 1 aromatic carbocycles. The van der Waals surface area contributed by atoms with Crippen molar-refractivity contribution in [3.63, 3.8) is 0 Å². The fourth-order valence-corrected chi connectivity index (χ4v) is 4.76. The van der Waals surface area contributed by atoms with Gasteiger partial charge in [-0.15, -0.1) is 0 Å². The predicted octanol–water partition coefficient (Wildman–Crippen LogP) is 4.14. The van der Waals surface area contributed by atoms with Crippen LogP contribution in [0.15, 0.2) is 30.3 Å². The number of aliphatic carboxylic acids is 1. The quantitative estimate of drug-likeness (QED) is 0.451. The molecule has 0 saturated heterocycles. The fraction of sp³-hybridized carbons (Fsp3) is 0.519. The van der Waals surface area contributed by atoms with E-state index < -0.39 is 30.4 Å². The lowest BCUT2D eigenvalue weighted by atomic mass is 9.93. The zero-order chi connectivity index (χ0) is 26.4. The molecule has 36 heavy (non-hydrogen) atoms. The van der Waals surface area contributed by atoms with Crippen LogP contribution in [0.25, 0.3) is 11.8 Å². The number of carboxylic acids is 1. The van der Waals surface area contributed by atoms with Gasteiger partial charge < -0.3 is 20.2 Å². The lowest BCUT2D eigenvalue weighted by Gasteiger charge is -2.31. The zero-order valence-electron chi connectivity index (χ0n) is 21.1. The molecule has 2 aromatic rings. The summed E-state index contributed by atoms with van der Waals surface area (Å²) >= 11 is 0. The van der Waals surface area contributed by atoms with Gasteiger partial charge in [0, 0.05) is 25.1 Å². The number of hydrogen-bond donors (Lipinski definition) is 3. The minimum absolute atomic E-state index is 0.0905. The summed E-state index contributed by atoms with van der Waals surface area (Å²) in [5.41, 5.74) is 2.12. The molecule has 8 nitrogen and oxygen atoms in total. The van der Waals surface area contributed by atoms with Gasteiger partial charge in [0.1, 0.15) is 5.82 Å². The second-order valence-corrected chi connectivity index (χ2v) is 9.81. The van der Waals surface area contributed by atoms with Crippen LogP contribution in [0, 0.1) is 5.82 Å². The number of benzene rings is 1. The lowest BCUT2D eigenvalue weighted by Crippen LogP contribution is -2.39. The number of amides is 1. The van der Waals surface area contributed by atoms with E-state index in [2.05, 4.69) is 5.10 Å². The van der Waals surface area contributed by atoms with Gasteiger partial charge in [0.05, 0.1) is 30.0 Å². The molecule has 3 N–H and O–H groups in total. The third-order valence-corrected chi connectivity index (χ3v) is 6.65. The zero-order valence-corrected chi connectivity index (χ0v) is 21.1. The Morgan fingerprint density at radius 3 is 2.39 bits per heavy atom. The standard InChI is InChI=1S/C27H36FN3O5/c1-17(2)25-23(14-13-21(32)15-22(33)16-24(34)35)31(20-11-9-18(28)10-12-20)29-26(25)27(36)30(3)19-7-5-4-6-8-19/h9-14,17,19,21-22,32-33H,4-8,15-16H2,1-3H3,(H,34,35)/t21-,22+/m0/s1. The van der Waals surface area contributed by atoms with Crippen molar-refractivity contribution in [1.82, 2.24) is 14.7 Å². The molecule has 1 aliphatic rings. The Hall–Kier alpha value is -3.04. The Labute approximate surface area is 211 Å². The number of carbonyl (C=O) groups excluding carboxylic acids is 1. The molecule has 1 fully saturated rings. The van der Waals surface area contributed by atoms with Crippen LogP contribution in [0.3, 0.4) is 0 Å². The van der Waals surface area contributed by atoms with Gasteiger partial charge in [-0.2, -0.15) is 5.10 Å². The first kappa shape index (κ1) is 27.5. The average Bonchev–Trinajstić information content (AvgIpc) is 3.22. The van der Waals surface area contributed by atoms with Gasteiger partial charge in [-0.05, 0) is 49.1 Å². The van der Waals surface area contributed by atoms with Crippen molar-refractivity contribution in [2.75, 3.05) is 7.05 Å². The molecule has 0 bridgehead atoms. The number of aliphatic hydroxyl groups is 2. The Bertz CT molecular complexity index is 1070. The second kappa shape index (κ2) is 12.3. The summed E-state index contributed by atoms with van der Waals surface area (Å²) in [7, 11) is 1.81. The van der Waals surface area contributed by atoms with Gasteiger partial charge in [0.25, 0.3) is 5.91 Å². The van der Waals surface area contributed by atoms with Gasteiger partial charge in [-0.1, -0.05) is 39.2 Å². The van der Waals surface area contributed by atoms with Crippen LogP contribution < -0.4 is 0 Å². The molecule has 1 aliphatic carbocycles. The van der Waals surface area contributed by atoms with E-state index in [4.69, 9.17) is 5.11 Å². The number of hydrogen-bond acceptors (Lipinski definition) is 5. The molecule has 1 aromatic heterocycles. The SMILES string of the molecule is CC(C)c1c(C(=O)N(C)C2CCCCC2)nn(-c2ccc(F)cc2)c1C=C[C@H](O)C[C@@H](O)CC(=O)O. The second-order valence-electron chi connectivity index (χ2n) is 9.81. The summed E-state index contributed by atoms with van der Waals surface area (Å²) in [6, 6.07) is 5.91. The third-order valence-electron chi connectivity index (χ3n) is 6.65. The van der Waals surface area contributed by atoms with Crippen LogP contribution in [-0.4, -0.2) is 67.2 Å². The number of aliphatic hydroxyl groups excluding tert-OH is 2. The van der Waals surface area contributed by atoms with Crippen molar-refractivity contribution in [2.24, 2.45) is 0 Å². The van der Waals surface area contributed by atoms with Crippen molar-refractivity contribution >= 4 is 18.0 Å². The van der Waals surface area contributed by atoms with E-state index in [1.807, 2.05) is 20.9 Å². The van der Waals surface area contributed by atoms with Crippen LogP contribution in [0.2, 0.25) is 0 Å². The van der Waals surface area contributed by atoms with E-state index in [1.54, 1.807) is 27.8 Å². The monoisotopic (exact) mass is 501 g/mol. The summed E-state index contributed by atoms with van der Waals surface area (Å²) in [5.74, 6) is -1.82. The molecular weight excluding hydrogens is 465 g/mol. The van der Waals surface area contributed by atoms with Crippen molar-refractivity contribution in [2.45, 2.75) is 83.0 Å². The van der Waals surface area contributed by atoms with Crippen LogP contribution in [0.4, 0.5) is 4.39 Å². The highest BCUT2D eigenvalue weighted by Crippen LogP contribution is 2.30. The summed E-state index contributed by atoms with van der Waals surface area (Å²) in [5, 5.41) is 33.8. The molecule has 3 rings (SSSR count). The Morgan fingerprint density at radius 1 is 1.17 bits per heavy atom. The van der Waals surface area contributed by atoms with Crippen LogP contribution in [-0.2, 0) is 4.79 Å². The van der Waals surface area contributed by atoms with Crippen molar-refractivity contribution in [3.05, 3.63) is 53.1 Å². The first-order valence-corrected chi connectivity index (χ1v) is 12.5. The number of rotatable bonds is 10. The summed E-state index contributed by atoms with van der Waals surface area (Å²) < 4.78 is 15.2. The number of nitrogens with zero attached hydrogens (tertiary/aromatic N) is 3. The topological polar surface area (TPSA) is 116 Å². The van der Waals surface area contributed by atoms with Gasteiger partial charge >= 0.3 is 5.97 Å². The highest BCUT2D eigenvalue weighted by Gasteiger charge is 2.30. The van der Waals surface area contributed by atoms with E-state index in [1.165, 1.54) is 24.6 Å². The fourth-order valence-electron chi connectivity index (χ4n) is 4.76. The number of carboxylic acid groups (broad SMARTS) is 1. The minimum atomic E-state index is -1.20. The van der Waals surface area contributed by atoms with E-state index in [0.29, 0.717) is 22.6 Å². The van der Waals surface area contributed by atoms with Gasteiger partial charge in [-0.3, -0.25) is 9.59 Å². The lowest BCUT2D eigenvalue weighted by molar-refractivity contribution is -0.139. The highest BCUT2D eigenvalue weighted by atomic mass is 19.1. The highest BCUT2D eigenvalue weighted by molar-refractivity contribution is 5.95. The maximum Gasteiger partial charge on any atom is 0.305 e. The summed E-state index contributed by atoms with van der Waals surface area (Å²) in [6.07, 6.45) is 5.40.